The van der Waals surface area contributed by atoms with E-state index < -0.39 is 49.0 Å². The predicted molar refractivity (Wildman–Crippen MR) is 152 cm³/mol. The fourth-order valence-corrected chi connectivity index (χ4v) is 5.16. The van der Waals surface area contributed by atoms with E-state index >= 15 is 0 Å². The van der Waals surface area contributed by atoms with E-state index in [0.29, 0.717) is 24.6 Å². The van der Waals surface area contributed by atoms with E-state index in [1.165, 1.54) is 4.57 Å². The van der Waals surface area contributed by atoms with Crippen LogP contribution in [0.3, 0.4) is 0 Å². The molecule has 0 bridgehead atoms. The van der Waals surface area contributed by atoms with Gasteiger partial charge in [0.25, 0.3) is 11.5 Å². The van der Waals surface area contributed by atoms with Gasteiger partial charge in [-0.15, -0.1) is 0 Å². The summed E-state index contributed by atoms with van der Waals surface area (Å²) in [6.07, 6.45) is 1.73. The van der Waals surface area contributed by atoms with Crippen LogP contribution in [0.4, 0.5) is 0 Å². The largest absolute Gasteiger partial charge is 0.506 e. The van der Waals surface area contributed by atoms with E-state index in [9.17, 15) is 19.5 Å². The Balaban J connectivity index is 1.55. The van der Waals surface area contributed by atoms with E-state index in [-0.39, 0.29) is 19.8 Å². The fourth-order valence-electron chi connectivity index (χ4n) is 4.40. The first-order valence-electron chi connectivity index (χ1n) is 13.3. The highest BCUT2D eigenvalue weighted by Gasteiger charge is 2.29. The zero-order chi connectivity index (χ0) is 29.2. The molecule has 1 aliphatic heterocycles. The van der Waals surface area contributed by atoms with Crippen molar-refractivity contribution >= 4 is 31.0 Å². The van der Waals surface area contributed by atoms with E-state index in [4.69, 9.17) is 14.2 Å². The molecule has 0 saturated carbocycles. The lowest BCUT2D eigenvalue weighted by Crippen LogP contribution is -2.38. The van der Waals surface area contributed by atoms with Crippen molar-refractivity contribution in [1.82, 2.24) is 19.4 Å². The molecule has 40 heavy (non-hydrogen) atoms. The van der Waals surface area contributed by atoms with Crippen LogP contribution >= 0.6 is 0 Å². The minimum Gasteiger partial charge on any atom is -0.506 e. The third-order valence-corrected chi connectivity index (χ3v) is 8.14. The quantitative estimate of drug-likeness (QED) is 0.215. The van der Waals surface area contributed by atoms with E-state index in [2.05, 4.69) is 29.9 Å². The van der Waals surface area contributed by atoms with Gasteiger partial charge in [-0.1, -0.05) is 25.7 Å². The molecule has 1 aliphatic rings. The van der Waals surface area contributed by atoms with Gasteiger partial charge >= 0.3 is 5.97 Å². The molecule has 2 aromatic heterocycles. The number of pyridine rings is 1. The highest BCUT2D eigenvalue weighted by Crippen LogP contribution is 2.30. The maximum Gasteiger partial charge on any atom is 0.325 e. The topological polar surface area (TPSA) is 134 Å². The van der Waals surface area contributed by atoms with Crippen molar-refractivity contribution in [1.29, 1.82) is 0 Å². The zero-order valence-corrected chi connectivity index (χ0v) is 25.0. The van der Waals surface area contributed by atoms with E-state index in [1.807, 2.05) is 22.8 Å². The average molecular weight is 571 g/mol. The van der Waals surface area contributed by atoms with Crippen molar-refractivity contribution < 1.29 is 28.9 Å². The highest BCUT2D eigenvalue weighted by atomic mass is 28.3. The van der Waals surface area contributed by atoms with Gasteiger partial charge in [-0.25, -0.2) is 4.98 Å². The number of ether oxygens (including phenoxy) is 3. The number of imidazole rings is 1. The molecule has 11 nitrogen and oxygen atoms in total. The van der Waals surface area contributed by atoms with Crippen LogP contribution < -0.4 is 10.9 Å². The Kier molecular flexibility index (Phi) is 8.52. The Morgan fingerprint density at radius 1 is 1.20 bits per heavy atom. The predicted octanol–water partition coefficient (Wildman–Crippen LogP) is 3.37. The summed E-state index contributed by atoms with van der Waals surface area (Å²) in [5.41, 5.74) is 1.50. The molecule has 0 atom stereocenters. The van der Waals surface area contributed by atoms with Crippen LogP contribution in [0.2, 0.25) is 25.7 Å². The summed E-state index contributed by atoms with van der Waals surface area (Å²) in [6.45, 7) is 13.1. The van der Waals surface area contributed by atoms with Crippen LogP contribution in [-0.2, 0) is 45.5 Å². The summed E-state index contributed by atoms with van der Waals surface area (Å²) < 4.78 is 19.9. The molecule has 0 aliphatic carbocycles. The summed E-state index contributed by atoms with van der Waals surface area (Å²) in [7, 11) is -1.17. The molecule has 3 aromatic rings. The Hall–Kier alpha value is -3.48. The molecule has 0 saturated heterocycles. The van der Waals surface area contributed by atoms with Gasteiger partial charge in [0.05, 0.1) is 42.8 Å². The number of rotatable bonds is 10. The van der Waals surface area contributed by atoms with Crippen LogP contribution in [0, 0.1) is 0 Å². The molecule has 0 spiro atoms. The minimum atomic E-state index is -1.17. The number of benzene rings is 1. The maximum atomic E-state index is 13.5. The van der Waals surface area contributed by atoms with E-state index in [0.717, 1.165) is 22.6 Å². The maximum absolute atomic E-state index is 13.5. The molecular formula is C28H38N4O7Si. The van der Waals surface area contributed by atoms with Gasteiger partial charge in [0, 0.05) is 20.2 Å². The number of nitrogens with one attached hydrogen (secondary N) is 1. The molecule has 4 rings (SSSR count). The van der Waals surface area contributed by atoms with Crippen molar-refractivity contribution in [2.24, 2.45) is 0 Å². The number of aromatic hydroxyl groups is 1. The van der Waals surface area contributed by atoms with Gasteiger partial charge in [0.15, 0.2) is 0 Å². The molecule has 0 unspecified atom stereocenters. The summed E-state index contributed by atoms with van der Waals surface area (Å²) >= 11 is 0. The third kappa shape index (κ3) is 6.98. The van der Waals surface area contributed by atoms with Crippen molar-refractivity contribution in [2.75, 3.05) is 13.2 Å². The molecule has 2 N–H and O–H groups in total. The lowest BCUT2D eigenvalue weighted by atomic mass is 10.1. The van der Waals surface area contributed by atoms with Crippen molar-refractivity contribution in [3.63, 3.8) is 0 Å². The van der Waals surface area contributed by atoms with E-state index in [1.54, 1.807) is 27.1 Å². The standard InChI is InChI=1S/C28H38N4O7Si/c1-28(2,3)39-23(33)12-29-26(35)24-25(34)19-14-38-15-22(19)32(27(24)36)13-18-7-8-21-20(11-18)30-16-31(21)17-37-9-10-40(4,5)6/h7-8,11,16,34H,9-10,12-15,17H2,1-6H3,(H,29,35). The number of esters is 1. The van der Waals surface area contributed by atoms with Gasteiger partial charge in [-0.3, -0.25) is 14.4 Å². The smallest absolute Gasteiger partial charge is 0.325 e. The summed E-state index contributed by atoms with van der Waals surface area (Å²) in [5, 5.41) is 13.2. The fraction of sp³-hybridized carbons (Fsp3) is 0.500. The SMILES string of the molecule is CC(C)(C)OC(=O)CNC(=O)c1c(O)c2c(n(Cc3ccc4c(c3)ncn4COCC[Si](C)(C)C)c1=O)COC2. The number of amides is 1. The molecule has 12 heteroatoms. The van der Waals surface area contributed by atoms with Crippen LogP contribution in [0.5, 0.6) is 5.75 Å². The van der Waals surface area contributed by atoms with Gasteiger partial charge in [-0.2, -0.15) is 0 Å². The molecule has 0 radical (unpaired) electrons. The molecule has 3 heterocycles. The van der Waals surface area contributed by atoms with Crippen molar-refractivity contribution in [2.45, 2.75) is 78.5 Å². The van der Waals surface area contributed by atoms with Crippen LogP contribution in [-0.4, -0.2) is 57.9 Å². The average Bonchev–Trinajstić information content (AvgIpc) is 3.49. The first-order valence-corrected chi connectivity index (χ1v) is 17.0. The lowest BCUT2D eigenvalue weighted by molar-refractivity contribution is -0.153. The van der Waals surface area contributed by atoms with Gasteiger partial charge in [0.2, 0.25) is 0 Å². The first-order chi connectivity index (χ1) is 18.7. The summed E-state index contributed by atoms with van der Waals surface area (Å²) in [4.78, 5) is 43.0. The minimum absolute atomic E-state index is 0.0644. The second kappa shape index (κ2) is 11.6. The van der Waals surface area contributed by atoms with Gasteiger partial charge in [0.1, 0.15) is 30.2 Å². The number of hydrogen-bond donors (Lipinski definition) is 2. The normalized spacial score (nSPS) is 13.4. The second-order valence-electron chi connectivity index (χ2n) is 12.2. The Bertz CT molecular complexity index is 1480. The van der Waals surface area contributed by atoms with Crippen LogP contribution in [0.25, 0.3) is 11.0 Å². The molecule has 1 amide bonds. The Labute approximate surface area is 234 Å². The van der Waals surface area contributed by atoms with Crippen LogP contribution in [0.15, 0.2) is 29.3 Å². The monoisotopic (exact) mass is 570 g/mol. The third-order valence-electron chi connectivity index (χ3n) is 6.43. The van der Waals surface area contributed by atoms with Gasteiger partial charge < -0.3 is 33.8 Å². The van der Waals surface area contributed by atoms with Crippen LogP contribution in [0.1, 0.15) is 48.0 Å². The molecule has 0 fully saturated rings. The summed E-state index contributed by atoms with van der Waals surface area (Å²) in [6, 6.07) is 6.79. The number of carbonyl (C=O) groups is 2. The second-order valence-corrected chi connectivity index (χ2v) is 17.8. The van der Waals surface area contributed by atoms with Crippen molar-refractivity contribution in [3.05, 3.63) is 57.3 Å². The molecule has 216 valence electrons. The number of carbonyl (C=O) groups excluding carboxylic acids is 2. The Morgan fingerprint density at radius 3 is 2.65 bits per heavy atom. The number of nitrogens with zero attached hydrogens (tertiary/aromatic N) is 3. The number of hydrogen-bond acceptors (Lipinski definition) is 8. The molecular weight excluding hydrogens is 532 g/mol. The summed E-state index contributed by atoms with van der Waals surface area (Å²) in [5.74, 6) is -1.95. The lowest BCUT2D eigenvalue weighted by Gasteiger charge is -2.20. The highest BCUT2D eigenvalue weighted by molar-refractivity contribution is 6.76. The number of fused-ring (bicyclic) bond motifs is 2. The van der Waals surface area contributed by atoms with Gasteiger partial charge in [-0.05, 0) is 44.5 Å². The van der Waals surface area contributed by atoms with Crippen molar-refractivity contribution in [3.8, 4) is 5.75 Å². The molecule has 1 aromatic carbocycles. The zero-order valence-electron chi connectivity index (χ0n) is 24.0. The first kappa shape index (κ1) is 29.5. The number of aromatic nitrogens is 3. The Morgan fingerprint density at radius 2 is 1.95 bits per heavy atom.